The van der Waals surface area contributed by atoms with Crippen molar-refractivity contribution < 1.29 is 17.9 Å². The summed E-state index contributed by atoms with van der Waals surface area (Å²) in [5, 5.41) is -0.764. The maximum Gasteiger partial charge on any atom is 0.310 e. The third kappa shape index (κ3) is 3.01. The molecule has 1 aromatic rings. The van der Waals surface area contributed by atoms with Crippen molar-refractivity contribution in [2.45, 2.75) is 24.5 Å². The van der Waals surface area contributed by atoms with Crippen molar-refractivity contribution >= 4 is 21.7 Å². The minimum atomic E-state index is -3.65. The first-order chi connectivity index (χ1) is 9.04. The molecule has 8 heteroatoms. The zero-order valence-electron chi connectivity index (χ0n) is 10.4. The van der Waals surface area contributed by atoms with Crippen LogP contribution < -0.4 is 4.72 Å². The van der Waals surface area contributed by atoms with E-state index >= 15 is 0 Å². The van der Waals surface area contributed by atoms with Crippen molar-refractivity contribution in [1.29, 1.82) is 0 Å². The molecule has 1 heterocycles. The largest absolute Gasteiger partial charge is 0.469 e. The summed E-state index contributed by atoms with van der Waals surface area (Å²) in [6.45, 7) is 0. The molecule has 0 aliphatic heterocycles. The predicted molar refractivity (Wildman–Crippen MR) is 67.7 cm³/mol. The molecule has 104 valence electrons. The molecule has 1 fully saturated rings. The zero-order valence-corrected chi connectivity index (χ0v) is 11.3. The van der Waals surface area contributed by atoms with Gasteiger partial charge in [0.25, 0.3) is 0 Å². The number of hydrogen-bond acceptors (Lipinski definition) is 6. The van der Waals surface area contributed by atoms with Crippen molar-refractivity contribution in [3.05, 3.63) is 18.7 Å². The summed E-state index contributed by atoms with van der Waals surface area (Å²) in [5.74, 6) is -1.08. The lowest BCUT2D eigenvalue weighted by Crippen LogP contribution is -2.35. The SMILES string of the molecule is COC(=O)C1CCCC1S(=O)(=O)Nc1cncnc1. The molecule has 2 unspecified atom stereocenters. The second-order valence-corrected chi connectivity index (χ2v) is 6.27. The average Bonchev–Trinajstić information content (AvgIpc) is 2.88. The van der Waals surface area contributed by atoms with Crippen molar-refractivity contribution in [2.75, 3.05) is 11.8 Å². The summed E-state index contributed by atoms with van der Waals surface area (Å²) < 4.78 is 31.6. The van der Waals surface area contributed by atoms with Gasteiger partial charge in [-0.25, -0.2) is 18.4 Å². The molecular weight excluding hydrogens is 270 g/mol. The lowest BCUT2D eigenvalue weighted by molar-refractivity contribution is -0.145. The third-order valence-corrected chi connectivity index (χ3v) is 5.06. The van der Waals surface area contributed by atoms with Crippen LogP contribution in [0.1, 0.15) is 19.3 Å². The van der Waals surface area contributed by atoms with E-state index in [1.807, 2.05) is 0 Å². The lowest BCUT2D eigenvalue weighted by Gasteiger charge is -2.18. The molecule has 1 aromatic heterocycles. The Morgan fingerprint density at radius 2 is 2.05 bits per heavy atom. The van der Waals surface area contributed by atoms with Gasteiger partial charge in [-0.3, -0.25) is 9.52 Å². The molecule has 1 aliphatic carbocycles. The van der Waals surface area contributed by atoms with Crippen LogP contribution in [0.5, 0.6) is 0 Å². The summed E-state index contributed by atoms with van der Waals surface area (Å²) in [6.07, 6.45) is 5.72. The van der Waals surface area contributed by atoms with Gasteiger partial charge in [0.05, 0.1) is 36.4 Å². The molecule has 0 amide bonds. The topological polar surface area (TPSA) is 98.2 Å². The summed E-state index contributed by atoms with van der Waals surface area (Å²) >= 11 is 0. The number of rotatable bonds is 4. The number of ether oxygens (including phenoxy) is 1. The minimum absolute atomic E-state index is 0.290. The van der Waals surface area contributed by atoms with Crippen LogP contribution in [0.15, 0.2) is 18.7 Å². The second kappa shape index (κ2) is 5.52. The number of nitrogens with zero attached hydrogens (tertiary/aromatic N) is 2. The van der Waals surface area contributed by atoms with Crippen LogP contribution in [0.25, 0.3) is 0 Å². The molecule has 2 atom stereocenters. The Morgan fingerprint density at radius 3 is 2.68 bits per heavy atom. The molecule has 19 heavy (non-hydrogen) atoms. The summed E-state index contributed by atoms with van der Waals surface area (Å²) in [7, 11) is -2.38. The molecule has 1 N–H and O–H groups in total. The number of sulfonamides is 1. The first-order valence-corrected chi connectivity index (χ1v) is 7.43. The number of carbonyl (C=O) groups excluding carboxylic acids is 1. The first-order valence-electron chi connectivity index (χ1n) is 5.89. The molecular formula is C11H15N3O4S. The van der Waals surface area contributed by atoms with Gasteiger partial charge in [-0.05, 0) is 12.8 Å². The van der Waals surface area contributed by atoms with Gasteiger partial charge in [0, 0.05) is 0 Å². The molecule has 0 spiro atoms. The molecule has 2 rings (SSSR count). The smallest absolute Gasteiger partial charge is 0.310 e. The predicted octanol–water partition coefficient (Wildman–Crippen LogP) is 0.560. The van der Waals surface area contributed by atoms with Crippen LogP contribution in [-0.2, 0) is 19.6 Å². The van der Waals surface area contributed by atoms with E-state index in [0.29, 0.717) is 19.3 Å². The van der Waals surface area contributed by atoms with Crippen LogP contribution >= 0.6 is 0 Å². The Labute approximate surface area is 111 Å². The van der Waals surface area contributed by atoms with Gasteiger partial charge in [0.1, 0.15) is 6.33 Å². The van der Waals surface area contributed by atoms with Crippen LogP contribution in [0.4, 0.5) is 5.69 Å². The normalized spacial score (nSPS) is 23.0. The molecule has 1 saturated carbocycles. The lowest BCUT2D eigenvalue weighted by atomic mass is 10.1. The highest BCUT2D eigenvalue weighted by molar-refractivity contribution is 7.93. The van der Waals surface area contributed by atoms with Crippen LogP contribution in [0, 0.1) is 5.92 Å². The third-order valence-electron chi connectivity index (χ3n) is 3.18. The quantitative estimate of drug-likeness (QED) is 0.812. The molecule has 0 aromatic carbocycles. The van der Waals surface area contributed by atoms with Crippen LogP contribution in [0.3, 0.4) is 0 Å². The van der Waals surface area contributed by atoms with E-state index in [4.69, 9.17) is 0 Å². The fourth-order valence-corrected chi connectivity index (χ4v) is 4.05. The number of methoxy groups -OCH3 is 1. The van der Waals surface area contributed by atoms with Gasteiger partial charge in [0.15, 0.2) is 0 Å². The Morgan fingerprint density at radius 1 is 1.37 bits per heavy atom. The molecule has 0 bridgehead atoms. The number of carbonyl (C=O) groups is 1. The van der Waals surface area contributed by atoms with E-state index in [1.54, 1.807) is 0 Å². The standard InChI is InChI=1S/C11H15N3O4S/c1-18-11(15)9-3-2-4-10(9)19(16,17)14-8-5-12-7-13-6-8/h5-7,9-10,14H,2-4H2,1H3. The van der Waals surface area contributed by atoms with Gasteiger partial charge in [-0.2, -0.15) is 0 Å². The van der Waals surface area contributed by atoms with Gasteiger partial charge in [-0.1, -0.05) is 6.42 Å². The Bertz CT molecular complexity index is 546. The van der Waals surface area contributed by atoms with E-state index in [-0.39, 0.29) is 5.69 Å². The van der Waals surface area contributed by atoms with E-state index < -0.39 is 27.2 Å². The molecule has 0 saturated heterocycles. The molecule has 1 aliphatic rings. The maximum atomic E-state index is 12.3. The first kappa shape index (κ1) is 13.7. The Hall–Kier alpha value is -1.70. The van der Waals surface area contributed by atoms with Crippen molar-refractivity contribution in [1.82, 2.24) is 9.97 Å². The highest BCUT2D eigenvalue weighted by Gasteiger charge is 2.42. The Balaban J connectivity index is 2.17. The molecule has 0 radical (unpaired) electrons. The zero-order chi connectivity index (χ0) is 13.9. The summed E-state index contributed by atoms with van der Waals surface area (Å²) in [4.78, 5) is 19.1. The fraction of sp³-hybridized carbons (Fsp3) is 0.545. The van der Waals surface area contributed by atoms with E-state index in [0.717, 1.165) is 0 Å². The number of nitrogens with one attached hydrogen (secondary N) is 1. The van der Waals surface area contributed by atoms with Gasteiger partial charge >= 0.3 is 5.97 Å². The van der Waals surface area contributed by atoms with Crippen molar-refractivity contribution in [3.63, 3.8) is 0 Å². The molecule has 7 nitrogen and oxygen atoms in total. The number of aromatic nitrogens is 2. The van der Waals surface area contributed by atoms with E-state index in [1.165, 1.54) is 25.8 Å². The maximum absolute atomic E-state index is 12.3. The highest BCUT2D eigenvalue weighted by Crippen LogP contribution is 2.32. The van der Waals surface area contributed by atoms with Gasteiger partial charge < -0.3 is 4.74 Å². The van der Waals surface area contributed by atoms with Crippen molar-refractivity contribution in [2.24, 2.45) is 5.92 Å². The van der Waals surface area contributed by atoms with Crippen LogP contribution in [0.2, 0.25) is 0 Å². The fourth-order valence-electron chi connectivity index (χ4n) is 2.31. The van der Waals surface area contributed by atoms with E-state index in [2.05, 4.69) is 19.4 Å². The van der Waals surface area contributed by atoms with Gasteiger partial charge in [0.2, 0.25) is 10.0 Å². The van der Waals surface area contributed by atoms with Gasteiger partial charge in [-0.15, -0.1) is 0 Å². The summed E-state index contributed by atoms with van der Waals surface area (Å²) in [6, 6.07) is 0. The van der Waals surface area contributed by atoms with Crippen LogP contribution in [-0.4, -0.2) is 36.7 Å². The number of anilines is 1. The van der Waals surface area contributed by atoms with E-state index in [9.17, 15) is 13.2 Å². The number of hydrogen-bond donors (Lipinski definition) is 1. The number of esters is 1. The second-order valence-electron chi connectivity index (χ2n) is 4.37. The average molecular weight is 285 g/mol. The monoisotopic (exact) mass is 285 g/mol. The highest BCUT2D eigenvalue weighted by atomic mass is 32.2. The minimum Gasteiger partial charge on any atom is -0.469 e. The Kier molecular flexibility index (Phi) is 3.98. The van der Waals surface area contributed by atoms with Crippen molar-refractivity contribution in [3.8, 4) is 0 Å². The summed E-state index contributed by atoms with van der Waals surface area (Å²) in [5.41, 5.74) is 0.290.